The Hall–Kier alpha value is -1.88. The molecule has 28 heavy (non-hydrogen) atoms. The standard InChI is InChI=1S/C23H31N3OS/c1-17-9-8-12-19(15-17)25-26-21(20-13-6-7-14-22(20)27-2)16-28-23(26)24-18-10-4-3-5-11-18/h6-7,13-14,16-18H,3-5,8-12,15H2,1-2H3. The van der Waals surface area contributed by atoms with Gasteiger partial charge in [-0.25, -0.2) is 4.68 Å². The monoisotopic (exact) mass is 397 g/mol. The van der Waals surface area contributed by atoms with Crippen molar-refractivity contribution in [2.24, 2.45) is 16.0 Å². The van der Waals surface area contributed by atoms with Gasteiger partial charge in [0.25, 0.3) is 0 Å². The summed E-state index contributed by atoms with van der Waals surface area (Å²) in [4.78, 5) is 6.16. The van der Waals surface area contributed by atoms with Crippen molar-refractivity contribution in [3.05, 3.63) is 34.4 Å². The third-order valence-electron chi connectivity index (χ3n) is 5.92. The molecule has 2 aromatic rings. The van der Waals surface area contributed by atoms with E-state index in [2.05, 4.69) is 29.1 Å². The van der Waals surface area contributed by atoms with Gasteiger partial charge in [-0.2, -0.15) is 5.10 Å². The minimum absolute atomic E-state index is 0.439. The zero-order chi connectivity index (χ0) is 19.3. The SMILES string of the molecule is COc1ccccc1-c1csc(=NC2CCCCC2)n1N=C1CCCC(C)C1. The van der Waals surface area contributed by atoms with E-state index in [1.54, 1.807) is 18.4 Å². The Balaban J connectivity index is 1.80. The zero-order valence-corrected chi connectivity index (χ0v) is 17.9. The van der Waals surface area contributed by atoms with Gasteiger partial charge in [-0.1, -0.05) is 38.3 Å². The number of nitrogens with zero attached hydrogens (tertiary/aromatic N) is 3. The Kier molecular flexibility index (Phi) is 6.30. The topological polar surface area (TPSA) is 38.9 Å². The van der Waals surface area contributed by atoms with Crippen LogP contribution in [0.25, 0.3) is 11.3 Å². The Morgan fingerprint density at radius 1 is 1.07 bits per heavy atom. The van der Waals surface area contributed by atoms with Gasteiger partial charge in [0, 0.05) is 16.7 Å². The van der Waals surface area contributed by atoms with Crippen LogP contribution in [-0.4, -0.2) is 23.5 Å². The molecule has 4 rings (SSSR count). The third kappa shape index (κ3) is 4.40. The number of methoxy groups -OCH3 is 1. The summed E-state index contributed by atoms with van der Waals surface area (Å²) in [5.41, 5.74) is 3.47. The molecular weight excluding hydrogens is 366 g/mol. The normalized spacial score (nSPS) is 23.3. The van der Waals surface area contributed by atoms with Crippen molar-refractivity contribution in [1.29, 1.82) is 0 Å². The number of ether oxygens (including phenoxy) is 1. The largest absolute Gasteiger partial charge is 0.496 e. The van der Waals surface area contributed by atoms with Gasteiger partial charge in [-0.15, -0.1) is 11.3 Å². The number of rotatable bonds is 4. The molecule has 0 saturated heterocycles. The number of benzene rings is 1. The van der Waals surface area contributed by atoms with Crippen LogP contribution in [0.5, 0.6) is 5.75 Å². The highest BCUT2D eigenvalue weighted by Crippen LogP contribution is 2.31. The van der Waals surface area contributed by atoms with Gasteiger partial charge in [0.15, 0.2) is 0 Å². The molecule has 2 saturated carbocycles. The van der Waals surface area contributed by atoms with Crippen molar-refractivity contribution >= 4 is 17.0 Å². The first-order chi connectivity index (χ1) is 13.7. The summed E-state index contributed by atoms with van der Waals surface area (Å²) in [5, 5.41) is 7.33. The molecule has 1 heterocycles. The second-order valence-electron chi connectivity index (χ2n) is 8.20. The molecule has 0 bridgehead atoms. The summed E-state index contributed by atoms with van der Waals surface area (Å²) < 4.78 is 7.73. The number of para-hydroxylation sites is 1. The molecule has 5 heteroatoms. The molecule has 0 N–H and O–H groups in total. The fourth-order valence-corrected chi connectivity index (χ4v) is 5.28. The summed E-state index contributed by atoms with van der Waals surface area (Å²) >= 11 is 1.71. The van der Waals surface area contributed by atoms with Crippen LogP contribution < -0.4 is 9.54 Å². The van der Waals surface area contributed by atoms with Crippen LogP contribution in [0, 0.1) is 5.92 Å². The minimum atomic E-state index is 0.439. The van der Waals surface area contributed by atoms with E-state index in [1.807, 2.05) is 12.1 Å². The quantitative estimate of drug-likeness (QED) is 0.635. The molecule has 1 aromatic carbocycles. The van der Waals surface area contributed by atoms with Gasteiger partial charge in [-0.3, -0.25) is 4.99 Å². The zero-order valence-electron chi connectivity index (χ0n) is 17.1. The van der Waals surface area contributed by atoms with Crippen molar-refractivity contribution in [3.63, 3.8) is 0 Å². The second kappa shape index (κ2) is 9.08. The van der Waals surface area contributed by atoms with Gasteiger partial charge in [0.05, 0.1) is 18.8 Å². The van der Waals surface area contributed by atoms with E-state index in [9.17, 15) is 0 Å². The van der Waals surface area contributed by atoms with Crippen LogP contribution >= 0.6 is 11.3 Å². The van der Waals surface area contributed by atoms with Crippen molar-refractivity contribution in [1.82, 2.24) is 4.68 Å². The summed E-state index contributed by atoms with van der Waals surface area (Å²) in [6.45, 7) is 2.33. The van der Waals surface area contributed by atoms with Crippen LogP contribution in [0.1, 0.15) is 64.7 Å². The van der Waals surface area contributed by atoms with E-state index in [-0.39, 0.29) is 0 Å². The summed E-state index contributed by atoms with van der Waals surface area (Å²) in [7, 11) is 1.73. The lowest BCUT2D eigenvalue weighted by Gasteiger charge is -2.20. The first kappa shape index (κ1) is 19.4. The van der Waals surface area contributed by atoms with Gasteiger partial charge in [-0.05, 0) is 56.6 Å². The Morgan fingerprint density at radius 2 is 1.89 bits per heavy atom. The van der Waals surface area contributed by atoms with E-state index in [4.69, 9.17) is 14.8 Å². The van der Waals surface area contributed by atoms with Crippen LogP contribution in [-0.2, 0) is 0 Å². The number of hydrogen-bond acceptors (Lipinski definition) is 4. The number of hydrogen-bond donors (Lipinski definition) is 0. The average molecular weight is 398 g/mol. The van der Waals surface area contributed by atoms with Crippen molar-refractivity contribution in [2.75, 3.05) is 7.11 Å². The van der Waals surface area contributed by atoms with Gasteiger partial charge in [0.1, 0.15) is 5.75 Å². The van der Waals surface area contributed by atoms with Crippen LogP contribution in [0.3, 0.4) is 0 Å². The Labute approximate surface area is 172 Å². The van der Waals surface area contributed by atoms with Crippen molar-refractivity contribution < 1.29 is 4.74 Å². The predicted octanol–water partition coefficient (Wildman–Crippen LogP) is 5.87. The smallest absolute Gasteiger partial charge is 0.206 e. The van der Waals surface area contributed by atoms with E-state index in [0.717, 1.165) is 40.6 Å². The molecule has 1 aromatic heterocycles. The summed E-state index contributed by atoms with van der Waals surface area (Å²) in [5.74, 6) is 1.61. The maximum absolute atomic E-state index is 5.63. The third-order valence-corrected chi connectivity index (χ3v) is 6.75. The highest BCUT2D eigenvalue weighted by atomic mass is 32.1. The van der Waals surface area contributed by atoms with Crippen molar-refractivity contribution in [2.45, 2.75) is 70.8 Å². The fraction of sp³-hybridized carbons (Fsp3) is 0.565. The molecule has 2 aliphatic carbocycles. The molecule has 1 unspecified atom stereocenters. The average Bonchev–Trinajstić information content (AvgIpc) is 3.10. The van der Waals surface area contributed by atoms with E-state index in [1.165, 1.54) is 50.7 Å². The van der Waals surface area contributed by atoms with Crippen LogP contribution in [0.4, 0.5) is 0 Å². The molecular formula is C23H31N3OS. The first-order valence-electron chi connectivity index (χ1n) is 10.7. The molecule has 0 spiro atoms. The van der Waals surface area contributed by atoms with Crippen LogP contribution in [0.2, 0.25) is 0 Å². The van der Waals surface area contributed by atoms with Crippen molar-refractivity contribution in [3.8, 4) is 17.0 Å². The lowest BCUT2D eigenvalue weighted by molar-refractivity contribution is 0.416. The summed E-state index contributed by atoms with van der Waals surface area (Å²) in [6, 6.07) is 8.65. The van der Waals surface area contributed by atoms with Gasteiger partial charge < -0.3 is 4.74 Å². The number of thiazole rings is 1. The molecule has 0 radical (unpaired) electrons. The second-order valence-corrected chi connectivity index (χ2v) is 9.04. The predicted molar refractivity (Wildman–Crippen MR) is 117 cm³/mol. The molecule has 1 atom stereocenters. The first-order valence-corrected chi connectivity index (χ1v) is 11.6. The molecule has 0 amide bonds. The van der Waals surface area contributed by atoms with E-state index in [0.29, 0.717) is 6.04 Å². The lowest BCUT2D eigenvalue weighted by Crippen LogP contribution is -2.21. The summed E-state index contributed by atoms with van der Waals surface area (Å²) in [6.07, 6.45) is 11.1. The van der Waals surface area contributed by atoms with Crippen LogP contribution in [0.15, 0.2) is 39.7 Å². The minimum Gasteiger partial charge on any atom is -0.496 e. The molecule has 2 fully saturated rings. The molecule has 150 valence electrons. The number of aromatic nitrogens is 1. The fourth-order valence-electron chi connectivity index (χ4n) is 4.39. The van der Waals surface area contributed by atoms with Gasteiger partial charge in [0.2, 0.25) is 4.80 Å². The molecule has 0 aliphatic heterocycles. The maximum atomic E-state index is 5.63. The molecule has 2 aliphatic rings. The maximum Gasteiger partial charge on any atom is 0.206 e. The van der Waals surface area contributed by atoms with E-state index < -0.39 is 0 Å². The highest BCUT2D eigenvalue weighted by Gasteiger charge is 2.18. The highest BCUT2D eigenvalue weighted by molar-refractivity contribution is 7.07. The van der Waals surface area contributed by atoms with E-state index >= 15 is 0 Å². The Morgan fingerprint density at radius 3 is 2.68 bits per heavy atom. The Bertz CT molecular complexity index is 889. The molecule has 4 nitrogen and oxygen atoms in total. The van der Waals surface area contributed by atoms with Gasteiger partial charge >= 0.3 is 0 Å². The lowest BCUT2D eigenvalue weighted by atomic mass is 9.89.